The van der Waals surface area contributed by atoms with Crippen LogP contribution in [-0.4, -0.2) is 20.8 Å². The molecular formula is C26H29N3O2. The molecule has 5 heteroatoms. The van der Waals surface area contributed by atoms with Crippen LogP contribution in [-0.2, 0) is 6.61 Å². The fourth-order valence-corrected chi connectivity index (χ4v) is 6.69. The molecule has 0 atom stereocenters. The summed E-state index contributed by atoms with van der Waals surface area (Å²) in [5, 5.41) is 3.45. The van der Waals surface area contributed by atoms with Crippen LogP contribution < -0.4 is 10.1 Å². The van der Waals surface area contributed by atoms with Crippen LogP contribution in [0.25, 0.3) is 5.65 Å². The van der Waals surface area contributed by atoms with Gasteiger partial charge < -0.3 is 14.5 Å². The van der Waals surface area contributed by atoms with Gasteiger partial charge in [0.25, 0.3) is 5.91 Å². The van der Waals surface area contributed by atoms with E-state index >= 15 is 0 Å². The monoisotopic (exact) mass is 415 g/mol. The average Bonchev–Trinajstić information content (AvgIpc) is 3.13. The van der Waals surface area contributed by atoms with E-state index in [1.54, 1.807) is 0 Å². The largest absolute Gasteiger partial charge is 0.487 e. The normalized spacial score (nSPS) is 28.7. The third-order valence-corrected chi connectivity index (χ3v) is 7.55. The van der Waals surface area contributed by atoms with Crippen molar-refractivity contribution in [2.75, 3.05) is 0 Å². The van der Waals surface area contributed by atoms with E-state index < -0.39 is 0 Å². The van der Waals surface area contributed by atoms with E-state index in [0.717, 1.165) is 48.4 Å². The summed E-state index contributed by atoms with van der Waals surface area (Å²) in [5.41, 5.74) is 3.67. The first-order valence-corrected chi connectivity index (χ1v) is 11.5. The predicted molar refractivity (Wildman–Crippen MR) is 119 cm³/mol. The van der Waals surface area contributed by atoms with Crippen molar-refractivity contribution in [1.29, 1.82) is 0 Å². The Kier molecular flexibility index (Phi) is 4.34. The van der Waals surface area contributed by atoms with E-state index in [4.69, 9.17) is 4.74 Å². The number of ether oxygens (including phenoxy) is 1. The lowest BCUT2D eigenvalue weighted by Gasteiger charge is -2.56. The van der Waals surface area contributed by atoms with Gasteiger partial charge in [0.15, 0.2) is 0 Å². The van der Waals surface area contributed by atoms with E-state index in [-0.39, 0.29) is 11.4 Å². The number of carbonyl (C=O) groups is 1. The number of benzene rings is 1. The topological polar surface area (TPSA) is 55.6 Å². The van der Waals surface area contributed by atoms with Gasteiger partial charge in [-0.05, 0) is 93.0 Å². The van der Waals surface area contributed by atoms with Crippen LogP contribution >= 0.6 is 0 Å². The second-order valence-corrected chi connectivity index (χ2v) is 10.2. The van der Waals surface area contributed by atoms with Gasteiger partial charge in [0.1, 0.15) is 18.0 Å². The lowest BCUT2D eigenvalue weighted by atomic mass is 9.53. The van der Waals surface area contributed by atoms with Gasteiger partial charge in [0.05, 0.1) is 5.69 Å². The van der Waals surface area contributed by atoms with Crippen LogP contribution in [0.3, 0.4) is 0 Å². The summed E-state index contributed by atoms with van der Waals surface area (Å²) >= 11 is 0. The molecule has 2 heterocycles. The van der Waals surface area contributed by atoms with E-state index in [1.165, 1.54) is 24.8 Å². The maximum atomic E-state index is 13.1. The van der Waals surface area contributed by atoms with Crippen molar-refractivity contribution in [3.8, 4) is 5.75 Å². The summed E-state index contributed by atoms with van der Waals surface area (Å²) in [4.78, 5) is 17.7. The minimum absolute atomic E-state index is 0.0252. The van der Waals surface area contributed by atoms with E-state index in [1.807, 2.05) is 40.9 Å². The number of rotatable bonds is 5. The van der Waals surface area contributed by atoms with Crippen LogP contribution in [0.2, 0.25) is 0 Å². The highest BCUT2D eigenvalue weighted by molar-refractivity contribution is 5.95. The second-order valence-electron chi connectivity index (χ2n) is 10.2. The first-order valence-electron chi connectivity index (χ1n) is 11.5. The van der Waals surface area contributed by atoms with Gasteiger partial charge in [-0.15, -0.1) is 0 Å². The molecule has 4 aliphatic rings. The molecule has 4 saturated carbocycles. The molecule has 7 rings (SSSR count). The number of carbonyl (C=O) groups excluding carboxylic acids is 1. The summed E-state index contributed by atoms with van der Waals surface area (Å²) in [6.07, 6.45) is 11.7. The molecule has 4 bridgehead atoms. The van der Waals surface area contributed by atoms with Crippen molar-refractivity contribution < 1.29 is 9.53 Å². The Hall–Kier alpha value is -2.82. The van der Waals surface area contributed by atoms with Crippen LogP contribution in [0.4, 0.5) is 0 Å². The summed E-state index contributed by atoms with van der Waals surface area (Å²) in [5.74, 6) is 3.18. The molecular weight excluding hydrogens is 386 g/mol. The molecule has 1 aromatic carbocycles. The number of amides is 1. The number of fused-ring (bicyclic) bond motifs is 1. The zero-order valence-electron chi connectivity index (χ0n) is 18.0. The highest BCUT2D eigenvalue weighted by Gasteiger charge is 2.51. The molecule has 3 aromatic rings. The van der Waals surface area contributed by atoms with Crippen LogP contribution in [0, 0.1) is 24.7 Å². The van der Waals surface area contributed by atoms with Gasteiger partial charge in [0, 0.05) is 23.5 Å². The summed E-state index contributed by atoms with van der Waals surface area (Å²) in [6.45, 7) is 2.44. The summed E-state index contributed by atoms with van der Waals surface area (Å²) in [7, 11) is 0. The fraction of sp³-hybridized carbons (Fsp3) is 0.462. The molecule has 1 N–H and O–H groups in total. The van der Waals surface area contributed by atoms with Gasteiger partial charge in [-0.3, -0.25) is 4.79 Å². The first kappa shape index (κ1) is 18.9. The molecule has 4 fully saturated rings. The van der Waals surface area contributed by atoms with Crippen molar-refractivity contribution in [3.63, 3.8) is 0 Å². The lowest BCUT2D eigenvalue weighted by Crippen LogP contribution is -2.59. The molecule has 2 aromatic heterocycles. The zero-order chi connectivity index (χ0) is 21.0. The van der Waals surface area contributed by atoms with Crippen molar-refractivity contribution in [3.05, 3.63) is 65.6 Å². The molecule has 5 nitrogen and oxygen atoms in total. The minimum atomic E-state index is 0.0252. The summed E-state index contributed by atoms with van der Waals surface area (Å²) < 4.78 is 8.00. The van der Waals surface area contributed by atoms with Crippen molar-refractivity contribution in [1.82, 2.24) is 14.7 Å². The van der Waals surface area contributed by atoms with Gasteiger partial charge >= 0.3 is 0 Å². The fourth-order valence-electron chi connectivity index (χ4n) is 6.69. The highest BCUT2D eigenvalue weighted by atomic mass is 16.5. The Labute approximate surface area is 182 Å². The summed E-state index contributed by atoms with van der Waals surface area (Å²) in [6, 6.07) is 11.6. The van der Waals surface area contributed by atoms with Gasteiger partial charge in [0.2, 0.25) is 0 Å². The van der Waals surface area contributed by atoms with Crippen molar-refractivity contribution >= 4 is 11.6 Å². The molecule has 4 aliphatic carbocycles. The smallest absolute Gasteiger partial charge is 0.251 e. The van der Waals surface area contributed by atoms with Crippen LogP contribution in [0.1, 0.15) is 60.1 Å². The lowest BCUT2D eigenvalue weighted by molar-refractivity contribution is -0.0167. The third kappa shape index (κ3) is 3.60. The van der Waals surface area contributed by atoms with Crippen LogP contribution in [0.5, 0.6) is 5.75 Å². The maximum absolute atomic E-state index is 13.1. The molecule has 160 valence electrons. The Morgan fingerprint density at radius 1 is 1.10 bits per heavy atom. The molecule has 31 heavy (non-hydrogen) atoms. The molecule has 0 saturated heterocycles. The number of imidazole rings is 1. The van der Waals surface area contributed by atoms with Gasteiger partial charge in [-0.1, -0.05) is 12.1 Å². The molecule has 0 aliphatic heterocycles. The number of hydrogen-bond donors (Lipinski definition) is 1. The number of aryl methyl sites for hydroxylation is 1. The van der Waals surface area contributed by atoms with E-state index in [2.05, 4.69) is 29.5 Å². The molecule has 1 amide bonds. The standard InChI is InChI=1S/C26H29N3O2/c1-17-5-6-24-27-22(15-29(24)14-17)16-31-23-4-2-3-21(10-23)25(30)28-26-11-18-7-19(12-26)9-20(8-18)13-26/h2-6,10,14-15,18-20H,7-9,11-13,16H2,1H3,(H,28,30). The van der Waals surface area contributed by atoms with Crippen LogP contribution in [0.15, 0.2) is 48.8 Å². The molecule has 0 radical (unpaired) electrons. The SMILES string of the molecule is Cc1ccc2nc(COc3cccc(C(=O)NC45CC6CC(CC(C6)C4)C5)c3)cn2c1. The Morgan fingerprint density at radius 2 is 1.84 bits per heavy atom. The average molecular weight is 416 g/mol. The van der Waals surface area contributed by atoms with E-state index in [9.17, 15) is 4.79 Å². The zero-order valence-corrected chi connectivity index (χ0v) is 18.0. The van der Waals surface area contributed by atoms with Crippen molar-refractivity contribution in [2.24, 2.45) is 17.8 Å². The third-order valence-electron chi connectivity index (χ3n) is 7.55. The van der Waals surface area contributed by atoms with Gasteiger partial charge in [-0.25, -0.2) is 4.98 Å². The number of pyridine rings is 1. The molecule has 0 unspecified atom stereocenters. The Balaban J connectivity index is 1.14. The maximum Gasteiger partial charge on any atom is 0.251 e. The second kappa shape index (κ2) is 7.11. The highest BCUT2D eigenvalue weighted by Crippen LogP contribution is 2.55. The quantitative estimate of drug-likeness (QED) is 0.643. The predicted octanol–water partition coefficient (Wildman–Crippen LogP) is 4.92. The van der Waals surface area contributed by atoms with Gasteiger partial charge in [-0.2, -0.15) is 0 Å². The van der Waals surface area contributed by atoms with Crippen molar-refractivity contribution in [2.45, 2.75) is 57.6 Å². The van der Waals surface area contributed by atoms with E-state index in [0.29, 0.717) is 17.9 Å². The minimum Gasteiger partial charge on any atom is -0.487 e. The number of aromatic nitrogens is 2. The Bertz CT molecular complexity index is 1110. The first-order chi connectivity index (χ1) is 15.0. The number of nitrogens with zero attached hydrogens (tertiary/aromatic N) is 2. The molecule has 0 spiro atoms. The number of nitrogens with one attached hydrogen (secondary N) is 1. The Morgan fingerprint density at radius 3 is 2.58 bits per heavy atom. The number of hydrogen-bond acceptors (Lipinski definition) is 3.